The van der Waals surface area contributed by atoms with Gasteiger partial charge in [0.05, 0.1) is 5.39 Å². The lowest BCUT2D eigenvalue weighted by molar-refractivity contribution is 0.815. The number of fused-ring (bicyclic) bond motifs is 1. The van der Waals surface area contributed by atoms with Crippen molar-refractivity contribution in [1.82, 2.24) is 20.5 Å². The smallest absolute Gasteiger partial charge is 0.273 e. The number of hydrogen-bond acceptors (Lipinski definition) is 3. The molecule has 2 heterocycles. The number of aromatic nitrogens is 3. The van der Waals surface area contributed by atoms with Gasteiger partial charge in [-0.3, -0.25) is 15.0 Å². The molecule has 0 saturated heterocycles. The van der Waals surface area contributed by atoms with Crippen molar-refractivity contribution in [3.8, 4) is 0 Å². The van der Waals surface area contributed by atoms with E-state index in [4.69, 9.17) is 0 Å². The van der Waals surface area contributed by atoms with E-state index >= 15 is 0 Å². The molecule has 0 unspecified atom stereocenters. The monoisotopic (exact) mass is 178 g/mol. The quantitative estimate of drug-likeness (QED) is 0.604. The summed E-state index contributed by atoms with van der Waals surface area (Å²) >= 11 is 0. The van der Waals surface area contributed by atoms with E-state index in [1.54, 1.807) is 6.20 Å². The molecule has 0 aliphatic carbocycles. The van der Waals surface area contributed by atoms with Crippen LogP contribution in [0.2, 0.25) is 0 Å². The maximum atomic E-state index is 11.2. The second-order valence-electron chi connectivity index (χ2n) is 2.85. The molecular weight excluding hydrogens is 168 g/mol. The molecular formula is C8H10N4O. The fraction of sp³-hybridized carbons (Fsp3) is 0.250. The highest BCUT2D eigenvalue weighted by molar-refractivity contribution is 5.73. The number of rotatable bonds is 2. The van der Waals surface area contributed by atoms with Gasteiger partial charge in [-0.1, -0.05) is 0 Å². The first-order valence-electron chi connectivity index (χ1n) is 4.01. The summed E-state index contributed by atoms with van der Waals surface area (Å²) in [4.78, 5) is 15.3. The summed E-state index contributed by atoms with van der Waals surface area (Å²) in [5.41, 5.74) is 1.48. The van der Waals surface area contributed by atoms with Crippen LogP contribution in [-0.4, -0.2) is 22.2 Å². The number of hydrogen-bond donors (Lipinski definition) is 3. The van der Waals surface area contributed by atoms with Crippen LogP contribution in [0.5, 0.6) is 0 Å². The highest BCUT2D eigenvalue weighted by Gasteiger charge is 2.01. The molecule has 68 valence electrons. The van der Waals surface area contributed by atoms with E-state index in [0.717, 1.165) is 5.56 Å². The fourth-order valence-corrected chi connectivity index (χ4v) is 1.26. The van der Waals surface area contributed by atoms with Crippen LogP contribution in [0, 0.1) is 0 Å². The van der Waals surface area contributed by atoms with Crippen LogP contribution in [-0.2, 0) is 6.54 Å². The molecule has 5 heteroatoms. The lowest BCUT2D eigenvalue weighted by atomic mass is 10.2. The molecule has 0 saturated carbocycles. The number of nitrogens with zero attached hydrogens (tertiary/aromatic N) is 1. The molecule has 0 atom stereocenters. The molecule has 0 aromatic carbocycles. The van der Waals surface area contributed by atoms with Crippen molar-refractivity contribution < 1.29 is 0 Å². The van der Waals surface area contributed by atoms with E-state index in [2.05, 4.69) is 20.5 Å². The Bertz CT molecular complexity index is 470. The lowest BCUT2D eigenvalue weighted by Crippen LogP contribution is -2.06. The lowest BCUT2D eigenvalue weighted by Gasteiger charge is -1.97. The number of nitrogens with one attached hydrogen (secondary N) is 3. The fourth-order valence-electron chi connectivity index (χ4n) is 1.26. The Morgan fingerprint density at radius 1 is 1.54 bits per heavy atom. The van der Waals surface area contributed by atoms with Crippen LogP contribution in [0.4, 0.5) is 0 Å². The summed E-state index contributed by atoms with van der Waals surface area (Å²) in [6, 6.07) is 1.83. The van der Waals surface area contributed by atoms with Crippen molar-refractivity contribution in [3.63, 3.8) is 0 Å². The number of H-pyrrole nitrogens is 2. The van der Waals surface area contributed by atoms with Gasteiger partial charge >= 0.3 is 0 Å². The molecule has 3 N–H and O–H groups in total. The average Bonchev–Trinajstić information content (AvgIpc) is 2.49. The largest absolute Gasteiger partial charge is 0.316 e. The first-order chi connectivity index (χ1) is 6.31. The van der Waals surface area contributed by atoms with Gasteiger partial charge in [0.2, 0.25) is 0 Å². The second-order valence-corrected chi connectivity index (χ2v) is 2.85. The maximum Gasteiger partial charge on any atom is 0.273 e. The SMILES string of the molecule is CNCc1cnc2[nH][nH]c(=O)c2c1. The highest BCUT2D eigenvalue weighted by atomic mass is 16.1. The van der Waals surface area contributed by atoms with Gasteiger partial charge in [-0.05, 0) is 18.7 Å². The van der Waals surface area contributed by atoms with Crippen molar-refractivity contribution in [1.29, 1.82) is 0 Å². The van der Waals surface area contributed by atoms with Crippen LogP contribution in [0.1, 0.15) is 5.56 Å². The molecule has 0 spiro atoms. The van der Waals surface area contributed by atoms with Crippen molar-refractivity contribution in [2.24, 2.45) is 0 Å². The van der Waals surface area contributed by atoms with E-state index in [1.165, 1.54) is 0 Å². The van der Waals surface area contributed by atoms with Gasteiger partial charge < -0.3 is 5.32 Å². The zero-order valence-electron chi connectivity index (χ0n) is 7.22. The Morgan fingerprint density at radius 2 is 2.38 bits per heavy atom. The van der Waals surface area contributed by atoms with Crippen molar-refractivity contribution in [2.75, 3.05) is 7.05 Å². The third kappa shape index (κ3) is 1.33. The Morgan fingerprint density at radius 3 is 3.15 bits per heavy atom. The Balaban J connectivity index is 2.59. The van der Waals surface area contributed by atoms with E-state index in [0.29, 0.717) is 17.6 Å². The molecule has 0 aliphatic rings. The summed E-state index contributed by atoms with van der Waals surface area (Å²) in [6.07, 6.45) is 1.74. The van der Waals surface area contributed by atoms with Gasteiger partial charge in [-0.15, -0.1) is 0 Å². The van der Waals surface area contributed by atoms with Crippen molar-refractivity contribution in [2.45, 2.75) is 6.54 Å². The minimum atomic E-state index is -0.125. The number of aromatic amines is 2. The molecule has 0 radical (unpaired) electrons. The van der Waals surface area contributed by atoms with Gasteiger partial charge in [-0.2, -0.15) is 0 Å². The highest BCUT2D eigenvalue weighted by Crippen LogP contribution is 2.05. The van der Waals surface area contributed by atoms with Crippen LogP contribution in [0.15, 0.2) is 17.1 Å². The standard InChI is InChI=1S/C8H10N4O/c1-9-3-5-2-6-7(10-4-5)11-12-8(6)13/h2,4,9H,3H2,1H3,(H2,10,11,12,13). The zero-order chi connectivity index (χ0) is 9.26. The molecule has 0 fully saturated rings. The van der Waals surface area contributed by atoms with Crippen LogP contribution >= 0.6 is 0 Å². The Labute approximate surface area is 74.2 Å². The van der Waals surface area contributed by atoms with Crippen molar-refractivity contribution >= 4 is 11.0 Å². The van der Waals surface area contributed by atoms with Gasteiger partial charge in [0.1, 0.15) is 0 Å². The minimum absolute atomic E-state index is 0.125. The maximum absolute atomic E-state index is 11.2. The van der Waals surface area contributed by atoms with Crippen LogP contribution in [0.25, 0.3) is 11.0 Å². The Hall–Kier alpha value is -1.62. The van der Waals surface area contributed by atoms with E-state index in [-0.39, 0.29) is 5.56 Å². The number of pyridine rings is 1. The summed E-state index contributed by atoms with van der Waals surface area (Å²) in [5, 5.41) is 8.77. The van der Waals surface area contributed by atoms with Gasteiger partial charge in [0.25, 0.3) is 5.56 Å². The summed E-state index contributed by atoms with van der Waals surface area (Å²) in [5.74, 6) is 0. The third-order valence-electron chi connectivity index (χ3n) is 1.86. The van der Waals surface area contributed by atoms with Gasteiger partial charge in [-0.25, -0.2) is 4.98 Å². The van der Waals surface area contributed by atoms with Crippen LogP contribution in [0.3, 0.4) is 0 Å². The van der Waals surface area contributed by atoms with Gasteiger partial charge in [0.15, 0.2) is 5.65 Å². The third-order valence-corrected chi connectivity index (χ3v) is 1.86. The molecule has 2 aromatic rings. The summed E-state index contributed by atoms with van der Waals surface area (Å²) in [7, 11) is 1.85. The summed E-state index contributed by atoms with van der Waals surface area (Å²) in [6.45, 7) is 0.716. The normalized spacial score (nSPS) is 10.8. The molecule has 0 bridgehead atoms. The predicted octanol–water partition coefficient (Wildman–Crippen LogP) is -0.0294. The summed E-state index contributed by atoms with van der Waals surface area (Å²) < 4.78 is 0. The van der Waals surface area contributed by atoms with E-state index in [9.17, 15) is 4.79 Å². The molecule has 13 heavy (non-hydrogen) atoms. The second kappa shape index (κ2) is 3.02. The average molecular weight is 178 g/mol. The molecule has 2 rings (SSSR count). The topological polar surface area (TPSA) is 73.6 Å². The zero-order valence-corrected chi connectivity index (χ0v) is 7.22. The van der Waals surface area contributed by atoms with Crippen molar-refractivity contribution in [3.05, 3.63) is 28.2 Å². The molecule has 2 aromatic heterocycles. The molecule has 0 amide bonds. The van der Waals surface area contributed by atoms with E-state index < -0.39 is 0 Å². The first-order valence-corrected chi connectivity index (χ1v) is 4.01. The molecule has 0 aliphatic heterocycles. The Kier molecular flexibility index (Phi) is 1.86. The minimum Gasteiger partial charge on any atom is -0.316 e. The predicted molar refractivity (Wildman–Crippen MR) is 49.5 cm³/mol. The van der Waals surface area contributed by atoms with Gasteiger partial charge in [0, 0.05) is 12.7 Å². The van der Waals surface area contributed by atoms with E-state index in [1.807, 2.05) is 13.1 Å². The molecule has 5 nitrogen and oxygen atoms in total. The van der Waals surface area contributed by atoms with Crippen LogP contribution < -0.4 is 10.9 Å². The first kappa shape index (κ1) is 8.00.